The zero-order valence-electron chi connectivity index (χ0n) is 11.6. The van der Waals surface area contributed by atoms with Crippen molar-refractivity contribution in [1.82, 2.24) is 9.97 Å². The van der Waals surface area contributed by atoms with Gasteiger partial charge in [-0.3, -0.25) is 9.97 Å². The Morgan fingerprint density at radius 3 is 1.62 bits per heavy atom. The smallest absolute Gasteiger partial charge is 0.347 e. The van der Waals surface area contributed by atoms with Crippen molar-refractivity contribution in [3.8, 4) is 0 Å². The predicted molar refractivity (Wildman–Crippen MR) is 76.5 cm³/mol. The summed E-state index contributed by atoms with van der Waals surface area (Å²) in [6.45, 7) is 3.41. The fourth-order valence-corrected chi connectivity index (χ4v) is 1.53. The first kappa shape index (κ1) is 14.4. The van der Waals surface area contributed by atoms with Gasteiger partial charge in [0, 0.05) is 12.4 Å². The van der Waals surface area contributed by atoms with Gasteiger partial charge in [-0.05, 0) is 26.0 Å². The van der Waals surface area contributed by atoms with E-state index >= 15 is 0 Å². The molecule has 2 aromatic heterocycles. The topological polar surface area (TPSA) is 121 Å². The molecule has 0 aliphatic carbocycles. The van der Waals surface area contributed by atoms with Crippen molar-refractivity contribution in [2.45, 2.75) is 13.8 Å². The first-order chi connectivity index (χ1) is 9.88. The number of anilines is 2. The summed E-state index contributed by atoms with van der Waals surface area (Å²) in [6, 6.07) is 2.80. The van der Waals surface area contributed by atoms with E-state index in [0.717, 1.165) is 0 Å². The lowest BCUT2D eigenvalue weighted by atomic mass is 10.2. The lowest BCUT2D eigenvalue weighted by molar-refractivity contribution is 0.0397. The molecule has 0 saturated heterocycles. The fourth-order valence-electron chi connectivity index (χ4n) is 1.53. The van der Waals surface area contributed by atoms with E-state index in [1.165, 1.54) is 24.5 Å². The van der Waals surface area contributed by atoms with Gasteiger partial charge >= 0.3 is 11.9 Å². The normalized spacial score (nSPS) is 10.2. The third-order valence-corrected chi connectivity index (χ3v) is 2.91. The molecule has 0 spiro atoms. The van der Waals surface area contributed by atoms with Crippen LogP contribution in [0, 0.1) is 13.8 Å². The second-order valence-corrected chi connectivity index (χ2v) is 4.47. The number of nitrogens with zero attached hydrogens (tertiary/aromatic N) is 2. The van der Waals surface area contributed by atoms with Crippen molar-refractivity contribution in [2.75, 3.05) is 11.5 Å². The van der Waals surface area contributed by atoms with E-state index in [1.54, 1.807) is 13.8 Å². The summed E-state index contributed by atoms with van der Waals surface area (Å²) in [5.41, 5.74) is 13.4. The minimum atomic E-state index is -0.835. The van der Waals surface area contributed by atoms with Crippen molar-refractivity contribution in [3.05, 3.63) is 47.0 Å². The number of aromatic nitrogens is 2. The van der Waals surface area contributed by atoms with E-state index in [9.17, 15) is 9.59 Å². The average Bonchev–Trinajstić information content (AvgIpc) is 2.44. The highest BCUT2D eigenvalue weighted by molar-refractivity contribution is 6.03. The average molecular weight is 286 g/mol. The highest BCUT2D eigenvalue weighted by Gasteiger charge is 2.17. The summed E-state index contributed by atoms with van der Waals surface area (Å²) < 4.78 is 4.74. The quantitative estimate of drug-likeness (QED) is 0.629. The molecule has 0 aromatic carbocycles. The summed E-state index contributed by atoms with van der Waals surface area (Å²) in [5, 5.41) is 0. The monoisotopic (exact) mass is 286 g/mol. The van der Waals surface area contributed by atoms with Crippen LogP contribution >= 0.6 is 0 Å². The van der Waals surface area contributed by atoms with Gasteiger partial charge in [0.2, 0.25) is 0 Å². The van der Waals surface area contributed by atoms with Gasteiger partial charge in [0.1, 0.15) is 0 Å². The maximum Gasteiger partial charge on any atom is 0.347 e. The van der Waals surface area contributed by atoms with Gasteiger partial charge in [0.05, 0.1) is 33.9 Å². The number of nitrogen functional groups attached to an aromatic ring is 2. The molecule has 0 saturated carbocycles. The number of ether oxygens (including phenoxy) is 1. The van der Waals surface area contributed by atoms with Gasteiger partial charge in [-0.2, -0.15) is 0 Å². The Morgan fingerprint density at radius 2 is 1.29 bits per heavy atom. The third-order valence-electron chi connectivity index (χ3n) is 2.91. The SMILES string of the molecule is Cc1ncc(C(=O)OC(=O)c2cnc(C)c(N)c2)cc1N. The van der Waals surface area contributed by atoms with Crippen LogP contribution < -0.4 is 11.5 Å². The zero-order valence-corrected chi connectivity index (χ0v) is 11.6. The number of aryl methyl sites for hydroxylation is 2. The van der Waals surface area contributed by atoms with Gasteiger partial charge < -0.3 is 16.2 Å². The largest absolute Gasteiger partial charge is 0.397 e. The fraction of sp³-hybridized carbons (Fsp3) is 0.143. The van der Waals surface area contributed by atoms with Crippen LogP contribution in [0.3, 0.4) is 0 Å². The Morgan fingerprint density at radius 1 is 0.905 bits per heavy atom. The molecular weight excluding hydrogens is 272 g/mol. The molecule has 2 heterocycles. The second-order valence-electron chi connectivity index (χ2n) is 4.47. The summed E-state index contributed by atoms with van der Waals surface area (Å²) in [6.07, 6.45) is 2.59. The Kier molecular flexibility index (Phi) is 3.84. The van der Waals surface area contributed by atoms with Crippen molar-refractivity contribution < 1.29 is 14.3 Å². The minimum absolute atomic E-state index is 0.0968. The number of rotatable bonds is 2. The summed E-state index contributed by atoms with van der Waals surface area (Å²) in [5.74, 6) is -1.67. The highest BCUT2D eigenvalue weighted by Crippen LogP contribution is 2.14. The molecule has 0 aliphatic rings. The molecule has 0 radical (unpaired) electrons. The molecule has 7 nitrogen and oxygen atoms in total. The van der Waals surface area contributed by atoms with Gasteiger partial charge in [0.25, 0.3) is 0 Å². The van der Waals surface area contributed by atoms with Crippen LogP contribution in [0.1, 0.15) is 32.1 Å². The molecule has 0 aliphatic heterocycles. The van der Waals surface area contributed by atoms with Crippen LogP contribution in [-0.2, 0) is 4.74 Å². The molecule has 0 unspecified atom stereocenters. The first-order valence-electron chi connectivity index (χ1n) is 6.09. The van der Waals surface area contributed by atoms with Crippen LogP contribution in [-0.4, -0.2) is 21.9 Å². The van der Waals surface area contributed by atoms with Gasteiger partial charge in [-0.15, -0.1) is 0 Å². The molecule has 0 fully saturated rings. The Balaban J connectivity index is 2.16. The van der Waals surface area contributed by atoms with Crippen molar-refractivity contribution in [2.24, 2.45) is 0 Å². The number of pyridine rings is 2. The Bertz CT molecular complexity index is 667. The molecular formula is C14H14N4O3. The Hall–Kier alpha value is -2.96. The van der Waals surface area contributed by atoms with Crippen LogP contribution in [0.25, 0.3) is 0 Å². The standard InChI is InChI=1S/C14H14N4O3/c1-7-11(15)3-9(5-17-7)13(19)21-14(20)10-4-12(16)8(2)18-6-10/h3-6H,15-16H2,1-2H3. The first-order valence-corrected chi connectivity index (χ1v) is 6.09. The van der Waals surface area contributed by atoms with Gasteiger partial charge in [-0.1, -0.05) is 0 Å². The predicted octanol–water partition coefficient (Wildman–Crippen LogP) is 1.26. The van der Waals surface area contributed by atoms with E-state index in [0.29, 0.717) is 22.8 Å². The molecule has 0 amide bonds. The zero-order chi connectivity index (χ0) is 15.6. The third kappa shape index (κ3) is 3.14. The van der Waals surface area contributed by atoms with Crippen molar-refractivity contribution in [1.29, 1.82) is 0 Å². The molecule has 0 atom stereocenters. The number of carbonyl (C=O) groups excluding carboxylic acids is 2. The van der Waals surface area contributed by atoms with E-state index < -0.39 is 11.9 Å². The van der Waals surface area contributed by atoms with Gasteiger partial charge in [0.15, 0.2) is 0 Å². The lowest BCUT2D eigenvalue weighted by Gasteiger charge is -2.06. The van der Waals surface area contributed by atoms with Crippen molar-refractivity contribution >= 4 is 23.3 Å². The van der Waals surface area contributed by atoms with E-state index in [1.807, 2.05) is 0 Å². The number of hydrogen-bond acceptors (Lipinski definition) is 7. The van der Waals surface area contributed by atoms with E-state index in [-0.39, 0.29) is 11.1 Å². The van der Waals surface area contributed by atoms with Crippen LogP contribution in [0.4, 0.5) is 11.4 Å². The minimum Gasteiger partial charge on any atom is -0.397 e. The number of carbonyl (C=O) groups is 2. The molecule has 0 bridgehead atoms. The van der Waals surface area contributed by atoms with E-state index in [4.69, 9.17) is 16.2 Å². The number of hydrogen-bond donors (Lipinski definition) is 2. The maximum atomic E-state index is 11.9. The Labute approximate surface area is 121 Å². The summed E-state index contributed by atoms with van der Waals surface area (Å²) >= 11 is 0. The van der Waals surface area contributed by atoms with Crippen LogP contribution in [0.15, 0.2) is 24.5 Å². The molecule has 108 valence electrons. The van der Waals surface area contributed by atoms with Crippen LogP contribution in [0.2, 0.25) is 0 Å². The molecule has 21 heavy (non-hydrogen) atoms. The maximum absolute atomic E-state index is 11.9. The summed E-state index contributed by atoms with van der Waals surface area (Å²) in [7, 11) is 0. The molecule has 4 N–H and O–H groups in total. The summed E-state index contributed by atoms with van der Waals surface area (Å²) in [4.78, 5) is 31.6. The van der Waals surface area contributed by atoms with Gasteiger partial charge in [-0.25, -0.2) is 9.59 Å². The molecule has 2 aromatic rings. The molecule has 7 heteroatoms. The lowest BCUT2D eigenvalue weighted by Crippen LogP contribution is -2.14. The van der Waals surface area contributed by atoms with E-state index in [2.05, 4.69) is 9.97 Å². The number of nitrogens with two attached hydrogens (primary N) is 2. The second kappa shape index (κ2) is 5.58. The van der Waals surface area contributed by atoms with Crippen LogP contribution in [0.5, 0.6) is 0 Å². The number of esters is 2. The van der Waals surface area contributed by atoms with Crippen molar-refractivity contribution in [3.63, 3.8) is 0 Å². The molecule has 2 rings (SSSR count). The highest BCUT2D eigenvalue weighted by atomic mass is 16.6.